The number of nitrogens with zero attached hydrogens (tertiary/aromatic N) is 1. The zero-order valence-electron chi connectivity index (χ0n) is 13.0. The van der Waals surface area contributed by atoms with Gasteiger partial charge in [-0.1, -0.05) is 31.5 Å². The van der Waals surface area contributed by atoms with Gasteiger partial charge in [-0.3, -0.25) is 14.9 Å². The van der Waals surface area contributed by atoms with E-state index in [1.165, 1.54) is 5.38 Å². The second-order valence-electron chi connectivity index (χ2n) is 5.01. The zero-order chi connectivity index (χ0) is 17.5. The van der Waals surface area contributed by atoms with Gasteiger partial charge in [-0.2, -0.15) is 0 Å². The largest absolute Gasteiger partial charge is 0.480 e. The molecule has 2 aromatic rings. The molecule has 1 aromatic carbocycles. The fourth-order valence-electron chi connectivity index (χ4n) is 1.97. The van der Waals surface area contributed by atoms with E-state index in [9.17, 15) is 14.4 Å². The summed E-state index contributed by atoms with van der Waals surface area (Å²) in [4.78, 5) is 39.2. The molecule has 0 spiro atoms. The number of hydrogen-bond donors (Lipinski definition) is 3. The van der Waals surface area contributed by atoms with E-state index in [-0.39, 0.29) is 16.7 Å². The minimum absolute atomic E-state index is 0.0747. The zero-order valence-corrected chi connectivity index (χ0v) is 13.8. The van der Waals surface area contributed by atoms with Crippen LogP contribution in [0.4, 0.5) is 5.13 Å². The maximum absolute atomic E-state index is 12.1. The third-order valence-corrected chi connectivity index (χ3v) is 3.93. The van der Waals surface area contributed by atoms with E-state index in [1.54, 1.807) is 30.3 Å². The summed E-state index contributed by atoms with van der Waals surface area (Å²) in [6.07, 6.45) is 0.968. The van der Waals surface area contributed by atoms with Gasteiger partial charge in [-0.05, 0) is 18.6 Å². The van der Waals surface area contributed by atoms with Crippen molar-refractivity contribution in [2.75, 3.05) is 5.32 Å². The van der Waals surface area contributed by atoms with Crippen molar-refractivity contribution in [3.8, 4) is 0 Å². The normalized spacial score (nSPS) is 11.5. The summed E-state index contributed by atoms with van der Waals surface area (Å²) in [5.41, 5.74) is 0.554. The van der Waals surface area contributed by atoms with E-state index in [0.717, 1.165) is 11.3 Å². The fourth-order valence-corrected chi connectivity index (χ4v) is 2.66. The Bertz CT molecular complexity index is 730. The van der Waals surface area contributed by atoms with Crippen molar-refractivity contribution in [3.05, 3.63) is 47.0 Å². The van der Waals surface area contributed by atoms with Gasteiger partial charge in [0.2, 0.25) is 0 Å². The number of amides is 2. The van der Waals surface area contributed by atoms with Crippen LogP contribution in [0.1, 0.15) is 40.6 Å². The number of nitrogens with one attached hydrogen (secondary N) is 2. The van der Waals surface area contributed by atoms with Crippen LogP contribution >= 0.6 is 11.3 Å². The predicted molar refractivity (Wildman–Crippen MR) is 90.3 cm³/mol. The lowest BCUT2D eigenvalue weighted by Crippen LogP contribution is -2.40. The average Bonchev–Trinajstić information content (AvgIpc) is 3.03. The van der Waals surface area contributed by atoms with Crippen molar-refractivity contribution in [1.29, 1.82) is 0 Å². The molecule has 1 heterocycles. The first-order valence-electron chi connectivity index (χ1n) is 7.37. The summed E-state index contributed by atoms with van der Waals surface area (Å²) in [7, 11) is 0. The lowest BCUT2D eigenvalue weighted by Gasteiger charge is -2.12. The highest BCUT2D eigenvalue weighted by atomic mass is 32.1. The van der Waals surface area contributed by atoms with Crippen LogP contribution in [-0.2, 0) is 4.79 Å². The molecule has 0 radical (unpaired) electrons. The van der Waals surface area contributed by atoms with Crippen molar-refractivity contribution >= 4 is 34.3 Å². The van der Waals surface area contributed by atoms with Crippen molar-refractivity contribution < 1.29 is 19.5 Å². The summed E-state index contributed by atoms with van der Waals surface area (Å²) in [6, 6.07) is 7.67. The molecule has 2 amide bonds. The second kappa shape index (κ2) is 8.21. The molecular weight excluding hydrogens is 330 g/mol. The topological polar surface area (TPSA) is 108 Å². The predicted octanol–water partition coefficient (Wildman–Crippen LogP) is 2.38. The van der Waals surface area contributed by atoms with Crippen molar-refractivity contribution in [2.24, 2.45) is 0 Å². The molecule has 0 fully saturated rings. The minimum Gasteiger partial charge on any atom is -0.480 e. The molecule has 0 aliphatic carbocycles. The Hall–Kier alpha value is -2.74. The van der Waals surface area contributed by atoms with E-state index >= 15 is 0 Å². The smallest absolute Gasteiger partial charge is 0.326 e. The van der Waals surface area contributed by atoms with E-state index in [0.29, 0.717) is 18.4 Å². The summed E-state index contributed by atoms with van der Waals surface area (Å²) in [5, 5.41) is 15.8. The number of rotatable bonds is 7. The monoisotopic (exact) mass is 347 g/mol. The first-order valence-corrected chi connectivity index (χ1v) is 8.24. The van der Waals surface area contributed by atoms with Crippen LogP contribution in [-0.4, -0.2) is 33.9 Å². The van der Waals surface area contributed by atoms with Gasteiger partial charge in [-0.25, -0.2) is 9.78 Å². The molecule has 1 aromatic heterocycles. The quantitative estimate of drug-likeness (QED) is 0.712. The van der Waals surface area contributed by atoms with Crippen LogP contribution in [0.2, 0.25) is 0 Å². The molecule has 1 atom stereocenters. The summed E-state index contributed by atoms with van der Waals surface area (Å²) >= 11 is 1.10. The SMILES string of the molecule is CCCC(NC(=O)c1csc(NC(=O)c2ccccc2)n1)C(=O)O. The molecule has 0 aliphatic rings. The number of carboxylic acids is 1. The third kappa shape index (κ3) is 4.63. The number of aromatic nitrogens is 1. The van der Waals surface area contributed by atoms with Gasteiger partial charge in [-0.15, -0.1) is 11.3 Å². The van der Waals surface area contributed by atoms with Crippen LogP contribution in [0.5, 0.6) is 0 Å². The van der Waals surface area contributed by atoms with E-state index in [1.807, 2.05) is 6.92 Å². The molecular formula is C16H17N3O4S. The van der Waals surface area contributed by atoms with Crippen LogP contribution < -0.4 is 10.6 Å². The van der Waals surface area contributed by atoms with Crippen molar-refractivity contribution in [3.63, 3.8) is 0 Å². The molecule has 0 saturated carbocycles. The van der Waals surface area contributed by atoms with Gasteiger partial charge in [0, 0.05) is 10.9 Å². The van der Waals surface area contributed by atoms with Crippen LogP contribution in [0.3, 0.4) is 0 Å². The number of anilines is 1. The molecule has 2 rings (SSSR count). The Morgan fingerprint density at radius 1 is 1.21 bits per heavy atom. The Kier molecular flexibility index (Phi) is 6.02. The van der Waals surface area contributed by atoms with Gasteiger partial charge in [0.25, 0.3) is 11.8 Å². The second-order valence-corrected chi connectivity index (χ2v) is 5.87. The molecule has 3 N–H and O–H groups in total. The lowest BCUT2D eigenvalue weighted by molar-refractivity contribution is -0.139. The number of thiazole rings is 1. The third-order valence-electron chi connectivity index (χ3n) is 3.17. The Morgan fingerprint density at radius 3 is 2.54 bits per heavy atom. The lowest BCUT2D eigenvalue weighted by atomic mass is 10.1. The molecule has 1 unspecified atom stereocenters. The Balaban J connectivity index is 2.00. The maximum Gasteiger partial charge on any atom is 0.326 e. The van der Waals surface area contributed by atoms with Crippen LogP contribution in [0.25, 0.3) is 0 Å². The van der Waals surface area contributed by atoms with E-state index in [4.69, 9.17) is 5.11 Å². The number of aliphatic carboxylic acids is 1. The van der Waals surface area contributed by atoms with Gasteiger partial charge in [0.05, 0.1) is 0 Å². The van der Waals surface area contributed by atoms with Crippen LogP contribution in [0.15, 0.2) is 35.7 Å². The fraction of sp³-hybridized carbons (Fsp3) is 0.250. The molecule has 0 aliphatic heterocycles. The van der Waals surface area contributed by atoms with Gasteiger partial charge in [0.15, 0.2) is 5.13 Å². The first kappa shape index (κ1) is 17.6. The summed E-state index contributed by atoms with van der Waals surface area (Å²) < 4.78 is 0. The van der Waals surface area contributed by atoms with Crippen molar-refractivity contribution in [1.82, 2.24) is 10.3 Å². The van der Waals surface area contributed by atoms with E-state index in [2.05, 4.69) is 15.6 Å². The summed E-state index contributed by atoms with van der Waals surface area (Å²) in [5.74, 6) is -1.99. The van der Waals surface area contributed by atoms with Crippen LogP contribution in [0, 0.1) is 0 Å². The molecule has 7 nitrogen and oxygen atoms in total. The van der Waals surface area contributed by atoms with Gasteiger partial charge < -0.3 is 10.4 Å². The number of carbonyl (C=O) groups excluding carboxylic acids is 2. The molecule has 24 heavy (non-hydrogen) atoms. The molecule has 0 saturated heterocycles. The summed E-state index contributed by atoms with van der Waals surface area (Å²) in [6.45, 7) is 1.84. The van der Waals surface area contributed by atoms with Crippen molar-refractivity contribution in [2.45, 2.75) is 25.8 Å². The maximum atomic E-state index is 12.1. The standard InChI is InChI=1S/C16H17N3O4S/c1-2-6-11(15(22)23)17-14(21)12-9-24-16(18-12)19-13(20)10-7-4-3-5-8-10/h3-5,7-9,11H,2,6H2,1H3,(H,17,21)(H,22,23)(H,18,19,20). The highest BCUT2D eigenvalue weighted by molar-refractivity contribution is 7.14. The molecule has 0 bridgehead atoms. The molecule has 126 valence electrons. The number of benzene rings is 1. The van der Waals surface area contributed by atoms with E-state index < -0.39 is 17.9 Å². The minimum atomic E-state index is -1.09. The number of carbonyl (C=O) groups is 3. The van der Waals surface area contributed by atoms with Gasteiger partial charge in [0.1, 0.15) is 11.7 Å². The highest BCUT2D eigenvalue weighted by Crippen LogP contribution is 2.17. The number of carboxylic acid groups (broad SMARTS) is 1. The van der Waals surface area contributed by atoms with Gasteiger partial charge >= 0.3 is 5.97 Å². The average molecular weight is 347 g/mol. The Morgan fingerprint density at radius 2 is 1.92 bits per heavy atom. The Labute approximate surface area is 142 Å². The molecule has 8 heteroatoms. The first-order chi connectivity index (χ1) is 11.5. The highest BCUT2D eigenvalue weighted by Gasteiger charge is 2.21. The number of hydrogen-bond acceptors (Lipinski definition) is 5.